The maximum absolute atomic E-state index is 12.2. The lowest BCUT2D eigenvalue weighted by Gasteiger charge is -2.37. The number of H-pyrrole nitrogens is 2. The van der Waals surface area contributed by atoms with Gasteiger partial charge in [0.05, 0.1) is 22.3 Å². The Kier molecular flexibility index (Phi) is 4.43. The molecular weight excluding hydrogens is 338 g/mol. The molecular formula is C17H21N5O2S. The fourth-order valence-corrected chi connectivity index (χ4v) is 3.10. The molecule has 1 fully saturated rings. The lowest BCUT2D eigenvalue weighted by atomic mass is 10.1. The van der Waals surface area contributed by atoms with Gasteiger partial charge < -0.3 is 24.5 Å². The summed E-state index contributed by atoms with van der Waals surface area (Å²) in [5.74, 6) is 0. The van der Waals surface area contributed by atoms with Gasteiger partial charge in [0.15, 0.2) is 4.77 Å². The number of fused-ring (bicyclic) bond motifs is 1. The van der Waals surface area contributed by atoms with Crippen LogP contribution in [0.15, 0.2) is 12.1 Å². The van der Waals surface area contributed by atoms with Crippen LogP contribution in [0.5, 0.6) is 0 Å². The summed E-state index contributed by atoms with van der Waals surface area (Å²) in [6, 6.07) is 5.98. The molecule has 0 unspecified atom stereocenters. The number of carbonyl (C=O) groups excluding carboxylic acids is 1. The highest BCUT2D eigenvalue weighted by Crippen LogP contribution is 2.26. The Bertz CT molecular complexity index is 894. The largest absolute Gasteiger partial charge is 0.444 e. The van der Waals surface area contributed by atoms with Gasteiger partial charge >= 0.3 is 6.09 Å². The molecule has 132 valence electrons. The van der Waals surface area contributed by atoms with E-state index < -0.39 is 5.60 Å². The molecule has 1 aliphatic heterocycles. The zero-order valence-electron chi connectivity index (χ0n) is 14.5. The van der Waals surface area contributed by atoms with E-state index in [0.717, 1.165) is 16.7 Å². The van der Waals surface area contributed by atoms with Gasteiger partial charge in [0, 0.05) is 26.2 Å². The number of nitrogens with zero attached hydrogens (tertiary/aromatic N) is 3. The second-order valence-electron chi connectivity index (χ2n) is 7.06. The summed E-state index contributed by atoms with van der Waals surface area (Å²) in [5.41, 5.74) is 2.62. The van der Waals surface area contributed by atoms with Crippen LogP contribution in [0, 0.1) is 16.1 Å². The van der Waals surface area contributed by atoms with Gasteiger partial charge in [-0.25, -0.2) is 4.79 Å². The van der Waals surface area contributed by atoms with Gasteiger partial charge in [-0.05, 0) is 45.1 Å². The number of nitrogens with one attached hydrogen (secondary N) is 2. The molecule has 0 radical (unpaired) electrons. The van der Waals surface area contributed by atoms with Crippen LogP contribution >= 0.6 is 12.2 Å². The Balaban J connectivity index is 1.77. The SMILES string of the molecule is CC(C)(C)OC(=O)N1CCN(c2cc3[nH]c(=S)[nH]c3cc2C#N)CC1. The van der Waals surface area contributed by atoms with Crippen molar-refractivity contribution in [2.45, 2.75) is 26.4 Å². The van der Waals surface area contributed by atoms with E-state index in [1.165, 1.54) is 0 Å². The number of ether oxygens (including phenoxy) is 1. The van der Waals surface area contributed by atoms with Crippen LogP contribution in [-0.4, -0.2) is 52.7 Å². The number of anilines is 1. The molecule has 3 rings (SSSR count). The summed E-state index contributed by atoms with van der Waals surface area (Å²) in [6.45, 7) is 7.97. The van der Waals surface area contributed by atoms with Crippen molar-refractivity contribution in [3.63, 3.8) is 0 Å². The van der Waals surface area contributed by atoms with Gasteiger partial charge in [-0.3, -0.25) is 0 Å². The van der Waals surface area contributed by atoms with Gasteiger partial charge in [0.1, 0.15) is 11.7 Å². The molecule has 0 atom stereocenters. The van der Waals surface area contributed by atoms with E-state index in [2.05, 4.69) is 20.9 Å². The van der Waals surface area contributed by atoms with Crippen LogP contribution < -0.4 is 4.90 Å². The third kappa shape index (κ3) is 3.77. The number of hydrogen-bond acceptors (Lipinski definition) is 5. The minimum atomic E-state index is -0.501. The first-order valence-electron chi connectivity index (χ1n) is 8.16. The maximum Gasteiger partial charge on any atom is 0.410 e. The molecule has 0 spiro atoms. The van der Waals surface area contributed by atoms with Crippen LogP contribution in [0.4, 0.5) is 10.5 Å². The zero-order valence-corrected chi connectivity index (χ0v) is 15.4. The first kappa shape index (κ1) is 17.3. The number of benzene rings is 1. The minimum Gasteiger partial charge on any atom is -0.444 e. The molecule has 2 N–H and O–H groups in total. The summed E-state index contributed by atoms with van der Waals surface area (Å²) in [7, 11) is 0. The van der Waals surface area contributed by atoms with Crippen LogP contribution in [0.25, 0.3) is 11.0 Å². The summed E-state index contributed by atoms with van der Waals surface area (Å²) < 4.78 is 5.95. The van der Waals surface area contributed by atoms with Gasteiger partial charge in [-0.1, -0.05) is 0 Å². The van der Waals surface area contributed by atoms with Gasteiger partial charge in [-0.15, -0.1) is 0 Å². The second-order valence-corrected chi connectivity index (χ2v) is 7.47. The number of rotatable bonds is 1. The molecule has 0 saturated carbocycles. The van der Waals surface area contributed by atoms with Crippen molar-refractivity contribution < 1.29 is 9.53 Å². The number of aromatic nitrogens is 2. The van der Waals surface area contributed by atoms with E-state index >= 15 is 0 Å². The van der Waals surface area contributed by atoms with E-state index in [1.54, 1.807) is 11.0 Å². The lowest BCUT2D eigenvalue weighted by Crippen LogP contribution is -2.50. The predicted molar refractivity (Wildman–Crippen MR) is 98.2 cm³/mol. The van der Waals surface area contributed by atoms with Crippen molar-refractivity contribution in [3.05, 3.63) is 22.5 Å². The summed E-state index contributed by atoms with van der Waals surface area (Å²) in [6.07, 6.45) is -0.294. The number of aromatic amines is 2. The highest BCUT2D eigenvalue weighted by Gasteiger charge is 2.27. The number of hydrogen-bond donors (Lipinski definition) is 2. The molecule has 1 aliphatic rings. The first-order chi connectivity index (χ1) is 11.8. The van der Waals surface area contributed by atoms with Crippen molar-refractivity contribution in [2.75, 3.05) is 31.1 Å². The Labute approximate surface area is 151 Å². The molecule has 1 aromatic heterocycles. The summed E-state index contributed by atoms with van der Waals surface area (Å²) >= 11 is 5.11. The van der Waals surface area contributed by atoms with Crippen molar-refractivity contribution in [1.82, 2.24) is 14.9 Å². The molecule has 7 nitrogen and oxygen atoms in total. The van der Waals surface area contributed by atoms with E-state index in [-0.39, 0.29) is 6.09 Å². The maximum atomic E-state index is 12.2. The lowest BCUT2D eigenvalue weighted by molar-refractivity contribution is 0.0240. The van der Waals surface area contributed by atoms with E-state index in [0.29, 0.717) is 36.5 Å². The fraction of sp³-hybridized carbons (Fsp3) is 0.471. The highest BCUT2D eigenvalue weighted by molar-refractivity contribution is 7.71. The third-order valence-electron chi connectivity index (χ3n) is 4.02. The number of carbonyl (C=O) groups is 1. The molecule has 0 aliphatic carbocycles. The summed E-state index contributed by atoms with van der Waals surface area (Å²) in [4.78, 5) is 22.1. The molecule has 1 aromatic carbocycles. The van der Waals surface area contributed by atoms with E-state index in [1.807, 2.05) is 26.8 Å². The van der Waals surface area contributed by atoms with Crippen molar-refractivity contribution in [1.29, 1.82) is 5.26 Å². The number of piperazine rings is 1. The third-order valence-corrected chi connectivity index (χ3v) is 4.23. The molecule has 25 heavy (non-hydrogen) atoms. The van der Waals surface area contributed by atoms with E-state index in [9.17, 15) is 10.1 Å². The smallest absolute Gasteiger partial charge is 0.410 e. The highest BCUT2D eigenvalue weighted by atomic mass is 32.1. The average Bonchev–Trinajstić information content (AvgIpc) is 2.91. The number of nitriles is 1. The fourth-order valence-electron chi connectivity index (χ4n) is 2.88. The quantitative estimate of drug-likeness (QED) is 0.764. The van der Waals surface area contributed by atoms with Gasteiger partial charge in [0.2, 0.25) is 0 Å². The first-order valence-corrected chi connectivity index (χ1v) is 8.57. The Morgan fingerprint density at radius 2 is 1.80 bits per heavy atom. The average molecular weight is 359 g/mol. The zero-order chi connectivity index (χ0) is 18.2. The molecule has 1 amide bonds. The Hall–Kier alpha value is -2.53. The van der Waals surface area contributed by atoms with Crippen LogP contribution in [-0.2, 0) is 4.74 Å². The molecule has 1 saturated heterocycles. The molecule has 8 heteroatoms. The van der Waals surface area contributed by atoms with Crippen LogP contribution in [0.3, 0.4) is 0 Å². The Morgan fingerprint density at radius 1 is 1.20 bits per heavy atom. The van der Waals surface area contributed by atoms with E-state index in [4.69, 9.17) is 17.0 Å². The number of imidazole rings is 1. The normalized spacial score (nSPS) is 15.3. The monoisotopic (exact) mass is 359 g/mol. The van der Waals surface area contributed by atoms with Crippen LogP contribution in [0.1, 0.15) is 26.3 Å². The molecule has 2 heterocycles. The van der Waals surface area contributed by atoms with Crippen LogP contribution in [0.2, 0.25) is 0 Å². The predicted octanol–water partition coefficient (Wildman–Crippen LogP) is 3.15. The molecule has 0 bridgehead atoms. The number of amides is 1. The van der Waals surface area contributed by atoms with Gasteiger partial charge in [0.25, 0.3) is 0 Å². The second kappa shape index (κ2) is 6.41. The van der Waals surface area contributed by atoms with Crippen molar-refractivity contribution in [2.24, 2.45) is 0 Å². The summed E-state index contributed by atoms with van der Waals surface area (Å²) in [5, 5.41) is 9.47. The topological polar surface area (TPSA) is 88.2 Å². The Morgan fingerprint density at radius 3 is 2.36 bits per heavy atom. The van der Waals surface area contributed by atoms with Gasteiger partial charge in [-0.2, -0.15) is 5.26 Å². The van der Waals surface area contributed by atoms with Crippen molar-refractivity contribution >= 4 is 35.0 Å². The minimum absolute atomic E-state index is 0.294. The standard InChI is InChI=1S/C17H21N5O2S/c1-17(2,3)24-16(23)22-6-4-21(5-7-22)14-9-13-12(8-11(14)10-18)19-15(25)20-13/h8-9H,4-7H2,1-3H3,(H2,19,20,25). The van der Waals surface area contributed by atoms with Crippen molar-refractivity contribution in [3.8, 4) is 6.07 Å². The molecule has 2 aromatic rings.